The van der Waals surface area contributed by atoms with E-state index in [2.05, 4.69) is 30.4 Å². The largest absolute Gasteiger partial charge is 0.315 e. The molecule has 3 nitrogen and oxygen atoms in total. The molecular weight excluding hydrogens is 200 g/mol. The van der Waals surface area contributed by atoms with Crippen molar-refractivity contribution in [1.29, 1.82) is 0 Å². The van der Waals surface area contributed by atoms with E-state index < -0.39 is 0 Å². The first kappa shape index (κ1) is 11.1. The van der Waals surface area contributed by atoms with Gasteiger partial charge in [0.2, 0.25) is 5.91 Å². The Balaban J connectivity index is 2.50. The molecular formula is C13H18N2O. The van der Waals surface area contributed by atoms with Crippen molar-refractivity contribution in [2.45, 2.75) is 25.8 Å². The van der Waals surface area contributed by atoms with E-state index in [9.17, 15) is 4.79 Å². The fraction of sp³-hybridized carbons (Fsp3) is 0.462. The van der Waals surface area contributed by atoms with Crippen LogP contribution >= 0.6 is 0 Å². The second kappa shape index (κ2) is 4.26. The molecule has 1 heterocycles. The Hall–Kier alpha value is -1.35. The maximum Gasteiger partial charge on any atom is 0.228 e. The summed E-state index contributed by atoms with van der Waals surface area (Å²) in [6, 6.07) is 6.51. The minimum Gasteiger partial charge on any atom is -0.315 e. The summed E-state index contributed by atoms with van der Waals surface area (Å²) in [5, 5.41) is 3.21. The standard InChI is InChI=1S/C13H18N2O/c1-4-9-5-6-12-10(7-9)11(14-2)8-13(16)15(12)3/h5-7,11,14H,4,8H2,1-3H3. The van der Waals surface area contributed by atoms with Crippen molar-refractivity contribution >= 4 is 11.6 Å². The minimum absolute atomic E-state index is 0.158. The number of hydrogen-bond donors (Lipinski definition) is 1. The van der Waals surface area contributed by atoms with Crippen LogP contribution in [0, 0.1) is 0 Å². The minimum atomic E-state index is 0.158. The number of benzene rings is 1. The molecule has 86 valence electrons. The number of aryl methyl sites for hydroxylation is 1. The van der Waals surface area contributed by atoms with Gasteiger partial charge in [-0.15, -0.1) is 0 Å². The number of amides is 1. The first-order valence-corrected chi connectivity index (χ1v) is 5.74. The summed E-state index contributed by atoms with van der Waals surface area (Å²) in [7, 11) is 3.75. The summed E-state index contributed by atoms with van der Waals surface area (Å²) in [5.41, 5.74) is 3.60. The third kappa shape index (κ3) is 1.71. The topological polar surface area (TPSA) is 32.3 Å². The average molecular weight is 218 g/mol. The Labute approximate surface area is 96.5 Å². The van der Waals surface area contributed by atoms with Crippen molar-refractivity contribution in [2.75, 3.05) is 19.0 Å². The summed E-state index contributed by atoms with van der Waals surface area (Å²) in [6.07, 6.45) is 1.58. The highest BCUT2D eigenvalue weighted by Gasteiger charge is 2.27. The van der Waals surface area contributed by atoms with Crippen LogP contribution in [-0.4, -0.2) is 20.0 Å². The van der Waals surface area contributed by atoms with Gasteiger partial charge < -0.3 is 10.2 Å². The number of fused-ring (bicyclic) bond motifs is 1. The number of anilines is 1. The smallest absolute Gasteiger partial charge is 0.228 e. The van der Waals surface area contributed by atoms with Gasteiger partial charge in [0.05, 0.1) is 0 Å². The van der Waals surface area contributed by atoms with E-state index in [1.54, 1.807) is 4.90 Å². The van der Waals surface area contributed by atoms with E-state index >= 15 is 0 Å². The molecule has 1 aromatic rings. The van der Waals surface area contributed by atoms with E-state index in [-0.39, 0.29) is 11.9 Å². The van der Waals surface area contributed by atoms with E-state index in [1.165, 1.54) is 11.1 Å². The molecule has 2 rings (SSSR count). The predicted octanol–water partition coefficient (Wildman–Crippen LogP) is 1.88. The van der Waals surface area contributed by atoms with Crippen molar-refractivity contribution in [3.8, 4) is 0 Å². The highest BCUT2D eigenvalue weighted by atomic mass is 16.2. The van der Waals surface area contributed by atoms with Gasteiger partial charge in [0.1, 0.15) is 0 Å². The molecule has 1 aliphatic rings. The van der Waals surface area contributed by atoms with Gasteiger partial charge in [0.25, 0.3) is 0 Å². The first-order valence-electron chi connectivity index (χ1n) is 5.74. The monoisotopic (exact) mass is 218 g/mol. The Morgan fingerprint density at radius 2 is 2.25 bits per heavy atom. The lowest BCUT2D eigenvalue weighted by Gasteiger charge is -2.31. The molecule has 1 atom stereocenters. The molecule has 1 amide bonds. The highest BCUT2D eigenvalue weighted by Crippen LogP contribution is 2.34. The Morgan fingerprint density at radius 3 is 2.88 bits per heavy atom. The van der Waals surface area contributed by atoms with Crippen LogP contribution in [0.15, 0.2) is 18.2 Å². The van der Waals surface area contributed by atoms with Crippen LogP contribution in [0.25, 0.3) is 0 Å². The zero-order chi connectivity index (χ0) is 11.7. The highest BCUT2D eigenvalue weighted by molar-refractivity contribution is 5.96. The molecule has 0 radical (unpaired) electrons. The third-order valence-corrected chi connectivity index (χ3v) is 3.34. The zero-order valence-electron chi connectivity index (χ0n) is 10.1. The Bertz CT molecular complexity index is 414. The van der Waals surface area contributed by atoms with Crippen molar-refractivity contribution in [3.05, 3.63) is 29.3 Å². The molecule has 1 aliphatic heterocycles. The van der Waals surface area contributed by atoms with Crippen LogP contribution in [-0.2, 0) is 11.2 Å². The summed E-state index contributed by atoms with van der Waals surface area (Å²) < 4.78 is 0. The average Bonchev–Trinajstić information content (AvgIpc) is 2.33. The molecule has 0 aliphatic carbocycles. The fourth-order valence-electron chi connectivity index (χ4n) is 2.22. The number of nitrogens with zero attached hydrogens (tertiary/aromatic N) is 1. The second-order valence-electron chi connectivity index (χ2n) is 4.24. The van der Waals surface area contributed by atoms with E-state index in [4.69, 9.17) is 0 Å². The van der Waals surface area contributed by atoms with Gasteiger partial charge >= 0.3 is 0 Å². The van der Waals surface area contributed by atoms with Crippen LogP contribution in [0.2, 0.25) is 0 Å². The zero-order valence-corrected chi connectivity index (χ0v) is 10.1. The fourth-order valence-corrected chi connectivity index (χ4v) is 2.22. The van der Waals surface area contributed by atoms with Gasteiger partial charge in [-0.25, -0.2) is 0 Å². The van der Waals surface area contributed by atoms with Crippen LogP contribution in [0.1, 0.15) is 30.5 Å². The van der Waals surface area contributed by atoms with E-state index in [0.29, 0.717) is 6.42 Å². The summed E-state index contributed by atoms with van der Waals surface area (Å²) in [5.74, 6) is 0.177. The maximum absolute atomic E-state index is 11.8. The summed E-state index contributed by atoms with van der Waals surface area (Å²) in [4.78, 5) is 13.5. The lowest BCUT2D eigenvalue weighted by Crippen LogP contribution is -2.36. The number of carbonyl (C=O) groups excluding carboxylic acids is 1. The Kier molecular flexibility index (Phi) is 2.97. The first-order chi connectivity index (χ1) is 7.67. The summed E-state index contributed by atoms with van der Waals surface area (Å²) in [6.45, 7) is 2.15. The molecule has 0 bridgehead atoms. The molecule has 1 N–H and O–H groups in total. The van der Waals surface area contributed by atoms with Crippen molar-refractivity contribution in [1.82, 2.24) is 5.32 Å². The van der Waals surface area contributed by atoms with Gasteiger partial charge in [-0.1, -0.05) is 19.1 Å². The lowest BCUT2D eigenvalue weighted by molar-refractivity contribution is -0.119. The molecule has 0 aromatic heterocycles. The molecule has 0 fully saturated rings. The molecule has 16 heavy (non-hydrogen) atoms. The maximum atomic E-state index is 11.8. The van der Waals surface area contributed by atoms with Gasteiger partial charge in [0, 0.05) is 25.2 Å². The SMILES string of the molecule is CCc1ccc2c(c1)C(NC)CC(=O)N2C. The van der Waals surface area contributed by atoms with Gasteiger partial charge in [-0.05, 0) is 30.7 Å². The van der Waals surface area contributed by atoms with E-state index in [0.717, 1.165) is 12.1 Å². The van der Waals surface area contributed by atoms with Crippen molar-refractivity contribution in [3.63, 3.8) is 0 Å². The number of rotatable bonds is 2. The predicted molar refractivity (Wildman–Crippen MR) is 65.6 cm³/mol. The number of nitrogens with one attached hydrogen (secondary N) is 1. The lowest BCUT2D eigenvalue weighted by atomic mass is 9.94. The van der Waals surface area contributed by atoms with Crippen LogP contribution in [0.4, 0.5) is 5.69 Å². The van der Waals surface area contributed by atoms with Crippen LogP contribution in [0.3, 0.4) is 0 Å². The normalized spacial score (nSPS) is 19.8. The van der Waals surface area contributed by atoms with Crippen LogP contribution < -0.4 is 10.2 Å². The van der Waals surface area contributed by atoms with E-state index in [1.807, 2.05) is 14.1 Å². The van der Waals surface area contributed by atoms with Crippen LogP contribution in [0.5, 0.6) is 0 Å². The Morgan fingerprint density at radius 1 is 1.50 bits per heavy atom. The number of carbonyl (C=O) groups is 1. The molecule has 0 saturated carbocycles. The summed E-state index contributed by atoms with van der Waals surface area (Å²) >= 11 is 0. The molecule has 1 unspecified atom stereocenters. The molecule has 0 spiro atoms. The molecule has 1 aromatic carbocycles. The van der Waals surface area contributed by atoms with Gasteiger partial charge in [0.15, 0.2) is 0 Å². The molecule has 0 saturated heterocycles. The second-order valence-corrected chi connectivity index (χ2v) is 4.24. The van der Waals surface area contributed by atoms with Crippen molar-refractivity contribution < 1.29 is 4.79 Å². The quantitative estimate of drug-likeness (QED) is 0.822. The third-order valence-electron chi connectivity index (χ3n) is 3.34. The van der Waals surface area contributed by atoms with Gasteiger partial charge in [-0.3, -0.25) is 4.79 Å². The number of hydrogen-bond acceptors (Lipinski definition) is 2. The van der Waals surface area contributed by atoms with Crippen molar-refractivity contribution in [2.24, 2.45) is 0 Å². The molecule has 3 heteroatoms. The van der Waals surface area contributed by atoms with Gasteiger partial charge in [-0.2, -0.15) is 0 Å².